The molecule has 0 aliphatic rings. The van der Waals surface area contributed by atoms with E-state index in [1.54, 1.807) is 39.0 Å². The van der Waals surface area contributed by atoms with Gasteiger partial charge in [0.05, 0.1) is 0 Å². The van der Waals surface area contributed by atoms with Gasteiger partial charge in [-0.1, -0.05) is 7.43 Å². The summed E-state index contributed by atoms with van der Waals surface area (Å²) in [5.41, 5.74) is 0. The maximum Gasteiger partial charge on any atom is 0.117 e. The predicted molar refractivity (Wildman–Crippen MR) is 263 cm³/mol. The van der Waals surface area contributed by atoms with Crippen molar-refractivity contribution in [1.82, 2.24) is 0 Å². The zero-order chi connectivity index (χ0) is 27.3. The maximum absolute atomic E-state index is 5.77. The highest BCUT2D eigenvalue weighted by Gasteiger charge is 2.00. The topological polar surface area (TPSA) is 40.7 Å². The standard InChI is InChI=1S/CH4.Cl2.4ClH7Si3.H14OSi6.H2O.H14Si6/c;1-2;4*1-4(2)3;2-6(3)1-7(4)5;;1-5(2)6(3)4/h1H4;;4*4H,2-3H3;6-7H,2-5H3;1H2;5-6H,1-4H3. The summed E-state index contributed by atoms with van der Waals surface area (Å²) in [6.45, 7) is 0. The van der Waals surface area contributed by atoms with Gasteiger partial charge >= 0.3 is 0 Å². The van der Waals surface area contributed by atoms with Crippen molar-refractivity contribution in [3.05, 3.63) is 0 Å². The average molecular weight is 993 g/mol. The zero-order valence-corrected chi connectivity index (χ0v) is 69.6. The van der Waals surface area contributed by atoms with E-state index in [0.29, 0.717) is 14.7 Å². The van der Waals surface area contributed by atoms with Gasteiger partial charge in [-0.05, 0) is 53.7 Å². The molecule has 0 rings (SSSR count). The van der Waals surface area contributed by atoms with E-state index < -0.39 is 0 Å². The van der Waals surface area contributed by atoms with E-state index in [1.807, 2.05) is 0 Å². The van der Waals surface area contributed by atoms with Gasteiger partial charge in [-0.25, -0.2) is 0 Å². The fraction of sp³-hybridized carbons (Fsp3) is 1.00. The average Bonchev–Trinajstić information content (AvgIpc) is 2.45. The molecule has 0 aliphatic heterocycles. The first kappa shape index (κ1) is 63.2. The van der Waals surface area contributed by atoms with Crippen LogP contribution < -0.4 is 0 Å². The quantitative estimate of drug-likeness (QED) is 0.205. The molecule has 0 saturated heterocycles. The van der Waals surface area contributed by atoms with Gasteiger partial charge in [-0.15, -0.1) is 0 Å². The van der Waals surface area contributed by atoms with E-state index >= 15 is 0 Å². The van der Waals surface area contributed by atoms with E-state index in [4.69, 9.17) is 48.4 Å². The van der Waals surface area contributed by atoms with Crippen LogP contribution in [-0.4, -0.2) is 221 Å². The highest BCUT2D eigenvalue weighted by Crippen LogP contribution is 1.71. The van der Waals surface area contributed by atoms with Crippen molar-refractivity contribution in [3.8, 4) is 0 Å². The molecule has 0 aliphatic carbocycles. The fourth-order valence-corrected chi connectivity index (χ4v) is 44.1. The Morgan fingerprint density at radius 3 is 0.485 bits per heavy atom. The largest absolute Gasteiger partial charge is 0.473 e. The lowest BCUT2D eigenvalue weighted by atomic mass is 12.0. The van der Waals surface area contributed by atoms with Crippen molar-refractivity contribution >= 4 is 282 Å². The van der Waals surface area contributed by atoms with E-state index in [9.17, 15) is 0 Å². The van der Waals surface area contributed by atoms with E-state index in [1.165, 1.54) is 117 Å². The van der Waals surface area contributed by atoms with Crippen LogP contribution in [0.15, 0.2) is 0 Å². The van der Waals surface area contributed by atoms with Crippen LogP contribution in [0.5, 0.6) is 0 Å². The van der Waals surface area contributed by atoms with Crippen LogP contribution in [0.2, 0.25) is 0 Å². The Bertz CT molecular complexity index is 208. The second-order valence-corrected chi connectivity index (χ2v) is 218. The number of hydrogen-bond donors (Lipinski definition) is 0. The van der Waals surface area contributed by atoms with Gasteiger partial charge in [0.15, 0.2) is 0 Å². The minimum atomic E-state index is -0.389. The van der Waals surface area contributed by atoms with Crippen LogP contribution >= 0.6 is 66.0 Å². The number of hydrogen-bond acceptors (Lipinski definition) is 1. The van der Waals surface area contributed by atoms with Crippen LogP contribution in [-0.2, 0) is 4.12 Å². The fourth-order valence-electron chi connectivity index (χ4n) is 0.544. The monoisotopic (exact) mass is 988 g/mol. The molecule has 2 N–H and O–H groups in total. The Morgan fingerprint density at radius 2 is 0.485 bits per heavy atom. The van der Waals surface area contributed by atoms with E-state index in [-0.39, 0.29) is 57.6 Å². The van der Waals surface area contributed by atoms with Gasteiger partial charge in [0, 0.05) is 139 Å². The molecule has 33 heavy (non-hydrogen) atoms. The molecule has 32 heteroatoms. The Kier molecular flexibility index (Phi) is 105. The molecule has 0 aromatic heterocycles. The summed E-state index contributed by atoms with van der Waals surface area (Å²) < 4.78 is 5.77. The molecule has 0 aromatic rings. The van der Waals surface area contributed by atoms with Gasteiger partial charge in [0.2, 0.25) is 0 Å². The van der Waals surface area contributed by atoms with Crippen molar-refractivity contribution < 1.29 is 9.59 Å². The van der Waals surface area contributed by atoms with Crippen LogP contribution in [0, 0.1) is 0 Å². The highest BCUT2D eigenvalue weighted by atomic mass is 36.5. The lowest BCUT2D eigenvalue weighted by molar-refractivity contribution is 0.660. The summed E-state index contributed by atoms with van der Waals surface area (Å²) in [7, 11) is 29.6. The zero-order valence-electron chi connectivity index (χ0n) is 23.8. The van der Waals surface area contributed by atoms with Gasteiger partial charge in [-0.3, -0.25) is 0 Å². The van der Waals surface area contributed by atoms with Crippen molar-refractivity contribution in [3.63, 3.8) is 0 Å². The Morgan fingerprint density at radius 1 is 0.394 bits per heavy atom. The van der Waals surface area contributed by atoms with Gasteiger partial charge < -0.3 is 9.59 Å². The Balaban J connectivity index is -0.0000000296. The molecule has 0 heterocycles. The SMILES string of the molecule is C.ClCl.O.[SiH3][SiH]([SiH3])Cl.[SiH3][SiH]([SiH3])Cl.[SiH3][SiH]([SiH3])Cl.[SiH3][SiH]([SiH3])Cl.[SiH3][SiH]([SiH3])O[SiH]([SiH3])[SiH3].[SiH3][SiH]([SiH3])[SiH]([SiH3])[SiH3]. The molecule has 2 nitrogen and oxygen atoms in total. The second-order valence-electron chi connectivity index (χ2n) is 8.78. The predicted octanol–water partition coefficient (Wildman–Crippen LogP) is -20.3. The summed E-state index contributed by atoms with van der Waals surface area (Å²) in [5, 5.41) is 0. The first-order valence-electron chi connectivity index (χ1n) is 11.1. The van der Waals surface area contributed by atoms with Gasteiger partial charge in [0.25, 0.3) is 0 Å². The molecule has 0 bridgehead atoms. The van der Waals surface area contributed by atoms with E-state index in [2.05, 4.69) is 21.7 Å². The molecule has 0 aromatic carbocycles. The van der Waals surface area contributed by atoms with Crippen molar-refractivity contribution in [2.45, 2.75) is 7.43 Å². The molecule has 216 valence electrons. The Labute approximate surface area is 294 Å². The normalized spacial score (nSPS) is 16.9. The van der Waals surface area contributed by atoms with Crippen LogP contribution in [0.3, 0.4) is 0 Å². The van der Waals surface area contributed by atoms with Crippen molar-refractivity contribution in [2.24, 2.45) is 0 Å². The summed E-state index contributed by atoms with van der Waals surface area (Å²) >= 11 is 22.1. The Hall–Kier alpha value is 6.87. The third kappa shape index (κ3) is 239. The molecule has 0 atom stereocenters. The summed E-state index contributed by atoms with van der Waals surface area (Å²) in [4.78, 5) is 0. The third-order valence-corrected chi connectivity index (χ3v) is 123. The summed E-state index contributed by atoms with van der Waals surface area (Å²) in [6.07, 6.45) is 0. The van der Waals surface area contributed by atoms with Gasteiger partial charge in [-0.2, -0.15) is 44.3 Å². The third-order valence-electron chi connectivity index (χ3n) is 1.88. The minimum Gasteiger partial charge on any atom is -0.473 e. The molecule has 0 amide bonds. The van der Waals surface area contributed by atoms with E-state index in [0.717, 1.165) is 0 Å². The molecule has 0 saturated carbocycles. The van der Waals surface area contributed by atoms with Crippen LogP contribution in [0.1, 0.15) is 7.43 Å². The second kappa shape index (κ2) is 54.9. The first-order chi connectivity index (χ1) is 13.7. The molecule has 0 fully saturated rings. The van der Waals surface area contributed by atoms with Crippen LogP contribution in [0.25, 0.3) is 0 Å². The molecular weight excluding hydrogens is 931 g/mol. The van der Waals surface area contributed by atoms with Crippen LogP contribution in [0.4, 0.5) is 0 Å². The summed E-state index contributed by atoms with van der Waals surface area (Å²) in [6, 6.07) is 0. The maximum atomic E-state index is 5.77. The molecular formula is CH62Cl6O2Si24. The summed E-state index contributed by atoms with van der Waals surface area (Å²) in [5.74, 6) is 0. The number of rotatable bonds is 3. The molecule has 0 unspecified atom stereocenters. The van der Waals surface area contributed by atoms with Crippen molar-refractivity contribution in [1.29, 1.82) is 0 Å². The first-order valence-corrected chi connectivity index (χ1v) is 96.7. The lowest BCUT2D eigenvalue weighted by Crippen LogP contribution is -2.38. The lowest BCUT2D eigenvalue weighted by Gasteiger charge is -2.08. The minimum absolute atomic E-state index is 0. The van der Waals surface area contributed by atoms with Gasteiger partial charge in [0.1, 0.15) is 44.7 Å². The smallest absolute Gasteiger partial charge is 0.117 e. The molecule has 0 radical (unpaired) electrons. The van der Waals surface area contributed by atoms with Crippen molar-refractivity contribution in [2.75, 3.05) is 0 Å². The number of halogens is 6. The molecule has 0 spiro atoms. The highest BCUT2D eigenvalue weighted by molar-refractivity contribution is 7.76.